The van der Waals surface area contributed by atoms with Crippen LogP contribution in [-0.2, 0) is 13.0 Å². The van der Waals surface area contributed by atoms with E-state index in [1.165, 1.54) is 18.2 Å². The fourth-order valence-corrected chi connectivity index (χ4v) is 4.82. The lowest BCUT2D eigenvalue weighted by Gasteiger charge is -2.15. The minimum absolute atomic E-state index is 0.156. The third-order valence-electron chi connectivity index (χ3n) is 4.90. The molecule has 1 fully saturated rings. The summed E-state index contributed by atoms with van der Waals surface area (Å²) in [6.07, 6.45) is 2.06. The fourth-order valence-electron chi connectivity index (χ4n) is 3.54. The Bertz CT molecular complexity index is 923. The van der Waals surface area contributed by atoms with Gasteiger partial charge in [0.2, 0.25) is 0 Å². The van der Waals surface area contributed by atoms with Gasteiger partial charge in [-0.25, -0.2) is 13.1 Å². The second-order valence-corrected chi connectivity index (χ2v) is 8.13. The van der Waals surface area contributed by atoms with Crippen LogP contribution in [0.15, 0.2) is 18.2 Å². The molecule has 6 nitrogen and oxygen atoms in total. The molecule has 0 saturated carbocycles. The highest BCUT2D eigenvalue weighted by Crippen LogP contribution is 2.39. The quantitative estimate of drug-likeness (QED) is 0.634. The molecule has 3 N–H and O–H groups in total. The minimum atomic E-state index is -1.03. The number of aliphatic hydroxyl groups is 1. The predicted molar refractivity (Wildman–Crippen MR) is 105 cm³/mol. The molecule has 1 saturated heterocycles. The lowest BCUT2D eigenvalue weighted by molar-refractivity contribution is 0.101. The van der Waals surface area contributed by atoms with Gasteiger partial charge in [-0.2, -0.15) is 0 Å². The fraction of sp³-hybridized carbons (Fsp3) is 0.389. The van der Waals surface area contributed by atoms with Gasteiger partial charge in [0, 0.05) is 49.2 Å². The van der Waals surface area contributed by atoms with E-state index in [-0.39, 0.29) is 11.8 Å². The van der Waals surface area contributed by atoms with Gasteiger partial charge in [-0.1, -0.05) is 11.6 Å². The number of benzene rings is 1. The van der Waals surface area contributed by atoms with Gasteiger partial charge in [0.15, 0.2) is 11.6 Å². The number of carbonyl (C=O) groups excluding carboxylic acids is 1. The van der Waals surface area contributed by atoms with Crippen molar-refractivity contribution < 1.29 is 18.7 Å². The number of nitrogens with one attached hydrogen (secondary N) is 2. The standard InChI is InChI=1S/C18H19ClF2N4O2S/c19-15-16(23-28-24-7-5-11(26)9-24)14-2-1-6-25(14)17(15)18(27)22-10-3-4-12(20)13(21)8-10/h3-4,8,11,23,26H,1-2,5-7,9H2,(H,22,27). The van der Waals surface area contributed by atoms with Crippen molar-refractivity contribution in [1.82, 2.24) is 8.87 Å². The molecule has 4 rings (SSSR count). The number of aromatic nitrogens is 1. The smallest absolute Gasteiger partial charge is 0.273 e. The van der Waals surface area contributed by atoms with Crippen LogP contribution < -0.4 is 10.0 Å². The molecule has 0 spiro atoms. The second-order valence-electron chi connectivity index (χ2n) is 6.85. The molecule has 150 valence electrons. The first-order valence-corrected chi connectivity index (χ1v) is 10.1. The zero-order valence-electron chi connectivity index (χ0n) is 14.8. The highest BCUT2D eigenvalue weighted by molar-refractivity contribution is 7.98. The number of rotatable bonds is 5. The largest absolute Gasteiger partial charge is 0.392 e. The summed E-state index contributed by atoms with van der Waals surface area (Å²) < 4.78 is 33.6. The number of anilines is 2. The van der Waals surface area contributed by atoms with Crippen LogP contribution in [0.2, 0.25) is 5.02 Å². The van der Waals surface area contributed by atoms with Gasteiger partial charge in [-0.15, -0.1) is 0 Å². The SMILES string of the molecule is O=C(Nc1ccc(F)c(F)c1)c1c(Cl)c(NSN2CCC(O)C2)c2n1CCC2. The molecule has 1 aromatic carbocycles. The maximum absolute atomic E-state index is 13.4. The third-order valence-corrected chi connectivity index (χ3v) is 6.16. The van der Waals surface area contributed by atoms with E-state index in [1.54, 1.807) is 0 Å². The van der Waals surface area contributed by atoms with E-state index in [1.807, 2.05) is 8.87 Å². The number of hydrogen-bond acceptors (Lipinski definition) is 5. The van der Waals surface area contributed by atoms with Gasteiger partial charge in [0.05, 0.1) is 16.8 Å². The molecule has 2 aromatic rings. The van der Waals surface area contributed by atoms with Crippen LogP contribution in [-0.4, -0.2) is 39.1 Å². The molecular weight excluding hydrogens is 410 g/mol. The molecule has 2 aliphatic rings. The summed E-state index contributed by atoms with van der Waals surface area (Å²) >= 11 is 7.88. The van der Waals surface area contributed by atoms with Crippen molar-refractivity contribution in [2.24, 2.45) is 0 Å². The number of halogens is 3. The summed E-state index contributed by atoms with van der Waals surface area (Å²) in [7, 11) is 0. The van der Waals surface area contributed by atoms with Crippen LogP contribution in [0.3, 0.4) is 0 Å². The maximum Gasteiger partial charge on any atom is 0.273 e. The molecule has 2 aliphatic heterocycles. The number of β-amino-alcohol motifs (C(OH)–C–C–N with tert-alkyl or cyclic N) is 1. The Kier molecular flexibility index (Phi) is 5.50. The van der Waals surface area contributed by atoms with Crippen molar-refractivity contribution in [3.05, 3.63) is 46.2 Å². The number of amides is 1. The second kappa shape index (κ2) is 7.90. The highest BCUT2D eigenvalue weighted by Gasteiger charge is 2.30. The summed E-state index contributed by atoms with van der Waals surface area (Å²) in [5, 5.41) is 12.5. The van der Waals surface area contributed by atoms with Crippen LogP contribution in [0.1, 0.15) is 29.0 Å². The monoisotopic (exact) mass is 428 g/mol. The van der Waals surface area contributed by atoms with Crippen LogP contribution in [0.4, 0.5) is 20.2 Å². The van der Waals surface area contributed by atoms with E-state index < -0.39 is 17.5 Å². The summed E-state index contributed by atoms with van der Waals surface area (Å²) in [5.41, 5.74) is 2.07. The summed E-state index contributed by atoms with van der Waals surface area (Å²) in [4.78, 5) is 12.8. The number of aliphatic hydroxyl groups excluding tert-OH is 1. The van der Waals surface area contributed by atoms with Gasteiger partial charge in [0.1, 0.15) is 5.69 Å². The van der Waals surface area contributed by atoms with Gasteiger partial charge >= 0.3 is 0 Å². The molecule has 1 amide bonds. The zero-order chi connectivity index (χ0) is 19.8. The zero-order valence-corrected chi connectivity index (χ0v) is 16.4. The predicted octanol–water partition coefficient (Wildman–Crippen LogP) is 3.66. The van der Waals surface area contributed by atoms with Crippen molar-refractivity contribution in [2.75, 3.05) is 23.1 Å². The number of hydrogen-bond donors (Lipinski definition) is 3. The van der Waals surface area contributed by atoms with Gasteiger partial charge in [-0.3, -0.25) is 4.79 Å². The van der Waals surface area contributed by atoms with Crippen molar-refractivity contribution in [2.45, 2.75) is 31.9 Å². The Balaban J connectivity index is 1.55. The Morgan fingerprint density at radius 1 is 1.29 bits per heavy atom. The molecule has 0 radical (unpaired) electrons. The first kappa shape index (κ1) is 19.5. The molecule has 28 heavy (non-hydrogen) atoms. The molecule has 1 unspecified atom stereocenters. The van der Waals surface area contributed by atoms with E-state index in [4.69, 9.17) is 11.6 Å². The van der Waals surface area contributed by atoms with Gasteiger partial charge in [-0.05, 0) is 31.4 Å². The van der Waals surface area contributed by atoms with Crippen molar-refractivity contribution in [1.29, 1.82) is 0 Å². The van der Waals surface area contributed by atoms with E-state index in [0.717, 1.165) is 43.6 Å². The average Bonchev–Trinajstić information content (AvgIpc) is 3.33. The minimum Gasteiger partial charge on any atom is -0.392 e. The normalized spacial score (nSPS) is 19.1. The number of fused-ring (bicyclic) bond motifs is 1. The number of nitrogens with zero attached hydrogens (tertiary/aromatic N) is 2. The molecule has 10 heteroatoms. The van der Waals surface area contributed by atoms with Crippen molar-refractivity contribution >= 4 is 41.0 Å². The Labute approximate surface area is 170 Å². The first-order chi connectivity index (χ1) is 13.4. The van der Waals surface area contributed by atoms with E-state index in [2.05, 4.69) is 10.0 Å². The van der Waals surface area contributed by atoms with Gasteiger partial charge in [0.25, 0.3) is 5.91 Å². The summed E-state index contributed by atoms with van der Waals surface area (Å²) in [5.74, 6) is -2.49. The highest BCUT2D eigenvalue weighted by atomic mass is 35.5. The Hall–Kier alpha value is -1.81. The van der Waals surface area contributed by atoms with E-state index >= 15 is 0 Å². The van der Waals surface area contributed by atoms with Crippen LogP contribution in [0.25, 0.3) is 0 Å². The van der Waals surface area contributed by atoms with Crippen LogP contribution in [0, 0.1) is 11.6 Å². The molecular formula is C18H19ClF2N4O2S. The van der Waals surface area contributed by atoms with Crippen LogP contribution >= 0.6 is 23.7 Å². The van der Waals surface area contributed by atoms with Gasteiger partial charge < -0.3 is 19.7 Å². The maximum atomic E-state index is 13.4. The van der Waals surface area contributed by atoms with E-state index in [0.29, 0.717) is 29.5 Å². The molecule has 0 aliphatic carbocycles. The van der Waals surface area contributed by atoms with Crippen LogP contribution in [0.5, 0.6) is 0 Å². The molecule has 1 aromatic heterocycles. The summed E-state index contributed by atoms with van der Waals surface area (Å²) in [6, 6.07) is 3.19. The molecule has 0 bridgehead atoms. The third kappa shape index (κ3) is 3.71. The summed E-state index contributed by atoms with van der Waals surface area (Å²) in [6.45, 7) is 1.98. The Morgan fingerprint density at radius 2 is 2.11 bits per heavy atom. The topological polar surface area (TPSA) is 69.5 Å². The number of carbonyl (C=O) groups is 1. The first-order valence-electron chi connectivity index (χ1n) is 8.97. The lowest BCUT2D eigenvalue weighted by Crippen LogP contribution is -2.17. The van der Waals surface area contributed by atoms with Crippen molar-refractivity contribution in [3.8, 4) is 0 Å². The lowest BCUT2D eigenvalue weighted by atomic mass is 10.2. The average molecular weight is 429 g/mol. The molecule has 3 heterocycles. The van der Waals surface area contributed by atoms with E-state index in [9.17, 15) is 18.7 Å². The Morgan fingerprint density at radius 3 is 2.82 bits per heavy atom. The molecule has 1 atom stereocenters. The van der Waals surface area contributed by atoms with Crippen molar-refractivity contribution in [3.63, 3.8) is 0 Å².